The Morgan fingerprint density at radius 3 is 3.00 bits per heavy atom. The van der Waals surface area contributed by atoms with Crippen molar-refractivity contribution in [3.8, 4) is 6.01 Å². The Labute approximate surface area is 93.5 Å². The van der Waals surface area contributed by atoms with E-state index in [9.17, 15) is 4.79 Å². The van der Waals surface area contributed by atoms with Crippen molar-refractivity contribution in [3.63, 3.8) is 0 Å². The number of aromatic nitrogens is 3. The van der Waals surface area contributed by atoms with Crippen LogP contribution in [0.4, 0.5) is 5.95 Å². The molecule has 1 amide bonds. The van der Waals surface area contributed by atoms with Gasteiger partial charge in [-0.1, -0.05) is 0 Å². The second-order valence-electron chi connectivity index (χ2n) is 3.02. The van der Waals surface area contributed by atoms with Gasteiger partial charge in [0.1, 0.15) is 0 Å². The fourth-order valence-electron chi connectivity index (χ4n) is 1.07. The first-order valence-electron chi connectivity index (χ1n) is 5.10. The summed E-state index contributed by atoms with van der Waals surface area (Å²) in [5, 5.41) is 8.81. The Balaban J connectivity index is 2.23. The van der Waals surface area contributed by atoms with E-state index in [1.165, 1.54) is 7.11 Å². The van der Waals surface area contributed by atoms with Gasteiger partial charge in [0.2, 0.25) is 11.9 Å². The molecule has 16 heavy (non-hydrogen) atoms. The number of H-pyrrole nitrogens is 1. The molecule has 7 heteroatoms. The smallest absolute Gasteiger partial charge is 0.336 e. The highest BCUT2D eigenvalue weighted by Crippen LogP contribution is 2.05. The summed E-state index contributed by atoms with van der Waals surface area (Å²) in [5.41, 5.74) is 0. The van der Waals surface area contributed by atoms with Crippen LogP contribution in [0.2, 0.25) is 0 Å². The zero-order chi connectivity index (χ0) is 11.8. The Morgan fingerprint density at radius 1 is 1.56 bits per heavy atom. The minimum atomic E-state index is -0.126. The van der Waals surface area contributed by atoms with Gasteiger partial charge in [-0.05, 0) is 13.3 Å². The van der Waals surface area contributed by atoms with E-state index in [4.69, 9.17) is 9.47 Å². The number of nitrogens with zero attached hydrogens (tertiary/aromatic N) is 2. The standard InChI is InChI=1S/C9H16N4O3/c1-3-16-6-4-5-7(14)10-8-11-9(15-2)13-12-8/h3-6H2,1-2H3,(H2,10,11,12,13,14). The molecule has 0 aliphatic heterocycles. The van der Waals surface area contributed by atoms with Crippen molar-refractivity contribution in [3.05, 3.63) is 0 Å². The van der Waals surface area contributed by atoms with Crippen LogP contribution in [-0.2, 0) is 9.53 Å². The average Bonchev–Trinajstić information content (AvgIpc) is 2.72. The summed E-state index contributed by atoms with van der Waals surface area (Å²) < 4.78 is 9.88. The van der Waals surface area contributed by atoms with Gasteiger partial charge in [-0.25, -0.2) is 5.10 Å². The van der Waals surface area contributed by atoms with Crippen molar-refractivity contribution in [1.29, 1.82) is 0 Å². The molecule has 1 aromatic rings. The number of aromatic amines is 1. The molecule has 0 unspecified atom stereocenters. The second-order valence-corrected chi connectivity index (χ2v) is 3.02. The van der Waals surface area contributed by atoms with Crippen LogP contribution in [0.3, 0.4) is 0 Å². The minimum Gasteiger partial charge on any atom is -0.466 e. The monoisotopic (exact) mass is 228 g/mol. The van der Waals surface area contributed by atoms with Crippen molar-refractivity contribution < 1.29 is 14.3 Å². The van der Waals surface area contributed by atoms with Crippen LogP contribution in [0, 0.1) is 0 Å². The van der Waals surface area contributed by atoms with E-state index < -0.39 is 0 Å². The summed E-state index contributed by atoms with van der Waals surface area (Å²) in [4.78, 5) is 15.2. The van der Waals surface area contributed by atoms with E-state index >= 15 is 0 Å². The Kier molecular flexibility index (Phi) is 5.27. The molecule has 0 radical (unpaired) electrons. The highest BCUT2D eigenvalue weighted by molar-refractivity contribution is 5.88. The third kappa shape index (κ3) is 4.26. The van der Waals surface area contributed by atoms with Gasteiger partial charge in [-0.2, -0.15) is 4.98 Å². The quantitative estimate of drug-likeness (QED) is 0.666. The predicted molar refractivity (Wildman–Crippen MR) is 57.3 cm³/mol. The van der Waals surface area contributed by atoms with Crippen LogP contribution >= 0.6 is 0 Å². The first-order valence-corrected chi connectivity index (χ1v) is 5.10. The fourth-order valence-corrected chi connectivity index (χ4v) is 1.07. The maximum absolute atomic E-state index is 11.4. The summed E-state index contributed by atoms with van der Waals surface area (Å²) in [6.45, 7) is 3.17. The van der Waals surface area contributed by atoms with E-state index in [-0.39, 0.29) is 11.9 Å². The number of hydrogen-bond donors (Lipinski definition) is 2. The topological polar surface area (TPSA) is 89.1 Å². The predicted octanol–water partition coefficient (Wildman–Crippen LogP) is 0.568. The molecule has 90 valence electrons. The fraction of sp³-hybridized carbons (Fsp3) is 0.667. The molecule has 0 bridgehead atoms. The summed E-state index contributed by atoms with van der Waals surface area (Å²) in [6.07, 6.45) is 1.08. The Morgan fingerprint density at radius 2 is 2.38 bits per heavy atom. The van der Waals surface area contributed by atoms with Crippen molar-refractivity contribution in [1.82, 2.24) is 15.2 Å². The van der Waals surface area contributed by atoms with E-state index in [0.29, 0.717) is 32.0 Å². The highest BCUT2D eigenvalue weighted by atomic mass is 16.5. The van der Waals surface area contributed by atoms with E-state index in [2.05, 4.69) is 20.5 Å². The normalized spacial score (nSPS) is 10.1. The number of anilines is 1. The number of rotatable bonds is 7. The molecule has 0 aliphatic carbocycles. The van der Waals surface area contributed by atoms with Gasteiger partial charge >= 0.3 is 6.01 Å². The lowest BCUT2D eigenvalue weighted by Gasteiger charge is -2.01. The molecule has 0 aromatic carbocycles. The number of methoxy groups -OCH3 is 1. The molecule has 0 atom stereocenters. The Bertz CT molecular complexity index is 326. The van der Waals surface area contributed by atoms with Gasteiger partial charge in [0.05, 0.1) is 7.11 Å². The maximum Gasteiger partial charge on any atom is 0.336 e. The number of hydrogen-bond acceptors (Lipinski definition) is 5. The molecule has 0 aliphatic rings. The third-order valence-electron chi connectivity index (χ3n) is 1.80. The summed E-state index contributed by atoms with van der Waals surface area (Å²) >= 11 is 0. The van der Waals surface area contributed by atoms with Crippen molar-refractivity contribution >= 4 is 11.9 Å². The van der Waals surface area contributed by atoms with Gasteiger partial charge in [0.15, 0.2) is 0 Å². The number of carbonyl (C=O) groups excluding carboxylic acids is 1. The van der Waals surface area contributed by atoms with Crippen molar-refractivity contribution in [2.75, 3.05) is 25.6 Å². The zero-order valence-corrected chi connectivity index (χ0v) is 9.45. The average molecular weight is 228 g/mol. The third-order valence-corrected chi connectivity index (χ3v) is 1.80. The van der Waals surface area contributed by atoms with Crippen LogP contribution in [0.5, 0.6) is 6.01 Å². The highest BCUT2D eigenvalue weighted by Gasteiger charge is 2.06. The Hall–Kier alpha value is -1.63. The van der Waals surface area contributed by atoms with Gasteiger partial charge in [-0.15, -0.1) is 5.10 Å². The molecule has 7 nitrogen and oxygen atoms in total. The van der Waals surface area contributed by atoms with Gasteiger partial charge in [0.25, 0.3) is 0 Å². The first kappa shape index (κ1) is 12.4. The molecule has 1 heterocycles. The molecule has 0 fully saturated rings. The largest absolute Gasteiger partial charge is 0.466 e. The second kappa shape index (κ2) is 6.78. The van der Waals surface area contributed by atoms with Gasteiger partial charge in [-0.3, -0.25) is 10.1 Å². The van der Waals surface area contributed by atoms with E-state index in [1.54, 1.807) is 0 Å². The molecule has 0 spiro atoms. The summed E-state index contributed by atoms with van der Waals surface area (Å²) in [7, 11) is 1.46. The first-order chi connectivity index (χ1) is 7.76. The molecule has 1 rings (SSSR count). The molecule has 1 aromatic heterocycles. The lowest BCUT2D eigenvalue weighted by molar-refractivity contribution is -0.116. The maximum atomic E-state index is 11.4. The van der Waals surface area contributed by atoms with Crippen molar-refractivity contribution in [2.24, 2.45) is 0 Å². The number of ether oxygens (including phenoxy) is 2. The molecule has 2 N–H and O–H groups in total. The minimum absolute atomic E-state index is 0.126. The van der Waals surface area contributed by atoms with Crippen LogP contribution in [0.1, 0.15) is 19.8 Å². The van der Waals surface area contributed by atoms with Crippen molar-refractivity contribution in [2.45, 2.75) is 19.8 Å². The number of carbonyl (C=O) groups is 1. The number of amides is 1. The summed E-state index contributed by atoms with van der Waals surface area (Å²) in [5.74, 6) is 0.164. The van der Waals surface area contributed by atoms with E-state index in [1.807, 2.05) is 6.92 Å². The van der Waals surface area contributed by atoms with Crippen LogP contribution in [0.15, 0.2) is 0 Å². The zero-order valence-electron chi connectivity index (χ0n) is 9.45. The van der Waals surface area contributed by atoms with Crippen LogP contribution in [0.25, 0.3) is 0 Å². The van der Waals surface area contributed by atoms with Crippen LogP contribution < -0.4 is 10.1 Å². The van der Waals surface area contributed by atoms with Crippen LogP contribution in [-0.4, -0.2) is 41.4 Å². The SMILES string of the molecule is CCOCCCC(=O)Nc1nc(OC)n[nH]1. The van der Waals surface area contributed by atoms with Gasteiger partial charge < -0.3 is 9.47 Å². The molecular weight excluding hydrogens is 212 g/mol. The van der Waals surface area contributed by atoms with Gasteiger partial charge in [0, 0.05) is 19.6 Å². The lowest BCUT2D eigenvalue weighted by Crippen LogP contribution is -2.13. The van der Waals surface area contributed by atoms with E-state index in [0.717, 1.165) is 0 Å². The lowest BCUT2D eigenvalue weighted by atomic mass is 10.3. The summed E-state index contributed by atoms with van der Waals surface area (Å²) in [6, 6.07) is 0.199. The molecule has 0 saturated heterocycles. The molecular formula is C9H16N4O3. The molecule has 0 saturated carbocycles. The number of nitrogens with one attached hydrogen (secondary N) is 2.